The van der Waals surface area contributed by atoms with Gasteiger partial charge >= 0.3 is 0 Å². The minimum absolute atomic E-state index is 0.586. The Balaban J connectivity index is 2.17. The highest BCUT2D eigenvalue weighted by Gasteiger charge is 2.31. The minimum Gasteiger partial charge on any atom is -0.388 e. The number of β-amino-alcohol motifs (C(OH)–C–C–N with tert-alkyl or cyclic N) is 1. The van der Waals surface area contributed by atoms with Crippen LogP contribution in [0.4, 0.5) is 5.82 Å². The van der Waals surface area contributed by atoms with Gasteiger partial charge in [0.15, 0.2) is 0 Å². The second kappa shape index (κ2) is 3.47. The van der Waals surface area contributed by atoms with E-state index in [1.807, 2.05) is 13.0 Å². The summed E-state index contributed by atoms with van der Waals surface area (Å²) in [5.41, 5.74) is -0.586. The molecule has 0 saturated carbocycles. The van der Waals surface area contributed by atoms with E-state index in [1.54, 1.807) is 0 Å². The topological polar surface area (TPSA) is 49.2 Å². The minimum atomic E-state index is -0.586. The van der Waals surface area contributed by atoms with Crippen LogP contribution in [-0.4, -0.2) is 33.8 Å². The fourth-order valence-corrected chi connectivity index (χ4v) is 1.93. The quantitative estimate of drug-likeness (QED) is 0.769. The molecule has 1 aromatic heterocycles. The Morgan fingerprint density at radius 1 is 1.57 bits per heavy atom. The van der Waals surface area contributed by atoms with E-state index < -0.39 is 5.60 Å². The highest BCUT2D eigenvalue weighted by atomic mass is 79.9. The molecule has 1 N–H and O–H groups in total. The number of nitrogens with zero attached hydrogens (tertiary/aromatic N) is 3. The number of anilines is 1. The summed E-state index contributed by atoms with van der Waals surface area (Å²) in [6, 6.07) is 1.86. The van der Waals surface area contributed by atoms with E-state index in [2.05, 4.69) is 30.8 Å². The highest BCUT2D eigenvalue weighted by molar-refractivity contribution is 9.10. The molecule has 4 nitrogen and oxygen atoms in total. The van der Waals surface area contributed by atoms with Crippen molar-refractivity contribution in [3.63, 3.8) is 0 Å². The summed E-state index contributed by atoms with van der Waals surface area (Å²) in [6.45, 7) is 3.33. The van der Waals surface area contributed by atoms with Crippen molar-refractivity contribution in [2.45, 2.75) is 18.9 Å². The van der Waals surface area contributed by atoms with Gasteiger partial charge in [0.25, 0.3) is 0 Å². The Hall–Kier alpha value is -0.680. The fraction of sp³-hybridized carbons (Fsp3) is 0.556. The number of aromatic nitrogens is 2. The molecule has 2 heterocycles. The van der Waals surface area contributed by atoms with Crippen LogP contribution in [0.3, 0.4) is 0 Å². The summed E-state index contributed by atoms with van der Waals surface area (Å²) < 4.78 is 0.772. The summed E-state index contributed by atoms with van der Waals surface area (Å²) >= 11 is 3.30. The van der Waals surface area contributed by atoms with Gasteiger partial charge in [0.05, 0.1) is 5.60 Å². The predicted octanol–water partition coefficient (Wildman–Crippen LogP) is 1.20. The summed E-state index contributed by atoms with van der Waals surface area (Å²) in [7, 11) is 0. The van der Waals surface area contributed by atoms with Gasteiger partial charge in [0.2, 0.25) is 0 Å². The average molecular weight is 258 g/mol. The maximum atomic E-state index is 9.80. The lowest BCUT2D eigenvalue weighted by atomic mass is 10.1. The van der Waals surface area contributed by atoms with Gasteiger partial charge in [-0.1, -0.05) is 0 Å². The molecule has 0 aromatic carbocycles. The monoisotopic (exact) mass is 257 g/mol. The second-order valence-electron chi connectivity index (χ2n) is 3.87. The molecule has 14 heavy (non-hydrogen) atoms. The number of hydrogen-bond donors (Lipinski definition) is 1. The molecule has 0 bridgehead atoms. The molecule has 2 rings (SSSR count). The van der Waals surface area contributed by atoms with Gasteiger partial charge in [0, 0.05) is 19.2 Å². The molecule has 76 valence electrons. The van der Waals surface area contributed by atoms with Crippen LogP contribution in [-0.2, 0) is 0 Å². The van der Waals surface area contributed by atoms with E-state index in [0.717, 1.165) is 23.4 Å². The third kappa shape index (κ3) is 2.04. The molecule has 1 saturated heterocycles. The second-order valence-corrected chi connectivity index (χ2v) is 4.68. The van der Waals surface area contributed by atoms with Crippen LogP contribution in [0.5, 0.6) is 0 Å². The largest absolute Gasteiger partial charge is 0.388 e. The van der Waals surface area contributed by atoms with E-state index in [9.17, 15) is 5.11 Å². The van der Waals surface area contributed by atoms with Crippen LogP contribution < -0.4 is 4.90 Å². The van der Waals surface area contributed by atoms with Gasteiger partial charge in [-0.05, 0) is 29.3 Å². The maximum Gasteiger partial charge on any atom is 0.133 e. The van der Waals surface area contributed by atoms with Crippen molar-refractivity contribution < 1.29 is 5.11 Å². The van der Waals surface area contributed by atoms with Crippen molar-refractivity contribution in [1.29, 1.82) is 0 Å². The van der Waals surface area contributed by atoms with Crippen LogP contribution >= 0.6 is 15.9 Å². The molecule has 1 aliphatic heterocycles. The summed E-state index contributed by atoms with van der Waals surface area (Å²) in [5.74, 6) is 0.865. The lowest BCUT2D eigenvalue weighted by Gasteiger charge is -2.19. The molecule has 5 heteroatoms. The smallest absolute Gasteiger partial charge is 0.133 e. The fourth-order valence-electron chi connectivity index (χ4n) is 1.64. The van der Waals surface area contributed by atoms with Crippen LogP contribution in [0.25, 0.3) is 0 Å². The number of hydrogen-bond acceptors (Lipinski definition) is 4. The SMILES string of the molecule is CC1(O)CCN(c2cc(Br)ncn2)C1. The van der Waals surface area contributed by atoms with Gasteiger partial charge in [-0.25, -0.2) is 9.97 Å². The standard InChI is InChI=1S/C9H12BrN3O/c1-9(14)2-3-13(5-9)8-4-7(10)11-6-12-8/h4,6,14H,2-3,5H2,1H3. The van der Waals surface area contributed by atoms with E-state index in [0.29, 0.717) is 6.54 Å². The zero-order chi connectivity index (χ0) is 10.2. The van der Waals surface area contributed by atoms with Crippen molar-refractivity contribution >= 4 is 21.7 Å². The molecular weight excluding hydrogens is 246 g/mol. The number of rotatable bonds is 1. The Bertz CT molecular complexity index is 343. The summed E-state index contributed by atoms with van der Waals surface area (Å²) in [4.78, 5) is 10.2. The van der Waals surface area contributed by atoms with Gasteiger partial charge in [-0.2, -0.15) is 0 Å². The van der Waals surface area contributed by atoms with Crippen LogP contribution in [0, 0.1) is 0 Å². The Morgan fingerprint density at radius 3 is 2.93 bits per heavy atom. The molecule has 1 unspecified atom stereocenters. The molecule has 1 aliphatic rings. The van der Waals surface area contributed by atoms with Gasteiger partial charge in [0.1, 0.15) is 16.7 Å². The predicted molar refractivity (Wildman–Crippen MR) is 57.2 cm³/mol. The number of aliphatic hydroxyl groups is 1. The third-order valence-electron chi connectivity index (χ3n) is 2.40. The first kappa shape index (κ1) is 9.86. The van der Waals surface area contributed by atoms with E-state index >= 15 is 0 Å². The van der Waals surface area contributed by atoms with Crippen LogP contribution in [0.1, 0.15) is 13.3 Å². The summed E-state index contributed by atoms with van der Waals surface area (Å²) in [6.07, 6.45) is 2.31. The molecule has 1 atom stereocenters. The molecular formula is C9H12BrN3O. The van der Waals surface area contributed by atoms with Crippen molar-refractivity contribution in [2.24, 2.45) is 0 Å². The lowest BCUT2D eigenvalue weighted by Crippen LogP contribution is -2.29. The molecule has 0 amide bonds. The van der Waals surface area contributed by atoms with Crippen LogP contribution in [0.2, 0.25) is 0 Å². The number of halogens is 1. The zero-order valence-electron chi connectivity index (χ0n) is 7.94. The first-order valence-corrected chi connectivity index (χ1v) is 5.31. The van der Waals surface area contributed by atoms with E-state index in [-0.39, 0.29) is 0 Å². The first-order chi connectivity index (χ1) is 6.57. The Kier molecular flexibility index (Phi) is 2.45. The molecule has 0 aliphatic carbocycles. The van der Waals surface area contributed by atoms with Gasteiger partial charge in [-0.3, -0.25) is 0 Å². The lowest BCUT2D eigenvalue weighted by molar-refractivity contribution is 0.0839. The molecule has 0 radical (unpaired) electrons. The Morgan fingerprint density at radius 2 is 2.36 bits per heavy atom. The van der Waals surface area contributed by atoms with Crippen molar-refractivity contribution in [2.75, 3.05) is 18.0 Å². The maximum absolute atomic E-state index is 9.80. The van der Waals surface area contributed by atoms with Gasteiger partial charge < -0.3 is 10.0 Å². The van der Waals surface area contributed by atoms with Crippen molar-refractivity contribution in [1.82, 2.24) is 9.97 Å². The highest BCUT2D eigenvalue weighted by Crippen LogP contribution is 2.25. The third-order valence-corrected chi connectivity index (χ3v) is 2.83. The van der Waals surface area contributed by atoms with E-state index in [4.69, 9.17) is 0 Å². The van der Waals surface area contributed by atoms with Crippen LogP contribution in [0.15, 0.2) is 17.0 Å². The first-order valence-electron chi connectivity index (χ1n) is 4.52. The van der Waals surface area contributed by atoms with Gasteiger partial charge in [-0.15, -0.1) is 0 Å². The van der Waals surface area contributed by atoms with E-state index in [1.165, 1.54) is 6.33 Å². The normalized spacial score (nSPS) is 26.9. The molecule has 1 aromatic rings. The molecule has 1 fully saturated rings. The Labute approximate surface area is 91.1 Å². The summed E-state index contributed by atoms with van der Waals surface area (Å²) in [5, 5.41) is 9.80. The average Bonchev–Trinajstić information content (AvgIpc) is 2.46. The van der Waals surface area contributed by atoms with Crippen molar-refractivity contribution in [3.8, 4) is 0 Å². The zero-order valence-corrected chi connectivity index (χ0v) is 9.53. The molecule has 0 spiro atoms. The van der Waals surface area contributed by atoms with Crippen molar-refractivity contribution in [3.05, 3.63) is 17.0 Å².